The Morgan fingerprint density at radius 3 is 2.88 bits per heavy atom. The van der Waals surface area contributed by atoms with Crippen LogP contribution in [-0.4, -0.2) is 28.6 Å². The van der Waals surface area contributed by atoms with Crippen LogP contribution in [0.5, 0.6) is 5.75 Å². The monoisotopic (exact) mass is 318 g/mol. The molecule has 1 aliphatic heterocycles. The number of fused-ring (bicyclic) bond motifs is 1. The second-order valence-corrected chi connectivity index (χ2v) is 5.75. The fourth-order valence-corrected chi connectivity index (χ4v) is 2.96. The van der Waals surface area contributed by atoms with E-state index in [2.05, 4.69) is 27.0 Å². The molecule has 0 fully saturated rings. The summed E-state index contributed by atoms with van der Waals surface area (Å²) in [6.07, 6.45) is 4.59. The van der Waals surface area contributed by atoms with Gasteiger partial charge in [0.15, 0.2) is 5.82 Å². The second-order valence-electron chi connectivity index (χ2n) is 5.75. The van der Waals surface area contributed by atoms with E-state index in [4.69, 9.17) is 9.72 Å². The van der Waals surface area contributed by atoms with Gasteiger partial charge < -0.3 is 9.64 Å². The quantitative estimate of drug-likeness (QED) is 0.743. The summed E-state index contributed by atoms with van der Waals surface area (Å²) in [5.74, 6) is 1.57. The molecular formula is C19H18N4O. The van der Waals surface area contributed by atoms with Crippen LogP contribution in [0.2, 0.25) is 0 Å². The topological polar surface area (TPSA) is 51.1 Å². The van der Waals surface area contributed by atoms with Crippen LogP contribution in [0.4, 0.5) is 5.69 Å². The van der Waals surface area contributed by atoms with Gasteiger partial charge >= 0.3 is 0 Å². The lowest BCUT2D eigenvalue weighted by Gasteiger charge is -2.30. The van der Waals surface area contributed by atoms with Gasteiger partial charge in [0.2, 0.25) is 0 Å². The number of hydrogen-bond donors (Lipinski definition) is 0. The maximum Gasteiger partial charge on any atom is 0.178 e. The Morgan fingerprint density at radius 1 is 1.08 bits per heavy atom. The minimum absolute atomic E-state index is 0.698. The number of aromatic nitrogens is 3. The first kappa shape index (κ1) is 14.6. The highest BCUT2D eigenvalue weighted by Gasteiger charge is 2.19. The molecule has 0 amide bonds. The van der Waals surface area contributed by atoms with Crippen LogP contribution >= 0.6 is 0 Å². The molecule has 5 nitrogen and oxygen atoms in total. The third-order valence-corrected chi connectivity index (χ3v) is 4.25. The van der Waals surface area contributed by atoms with Crippen molar-refractivity contribution < 1.29 is 4.74 Å². The molecule has 3 heterocycles. The largest absolute Gasteiger partial charge is 0.497 e. The molecule has 4 rings (SSSR count). The molecule has 5 heteroatoms. The van der Waals surface area contributed by atoms with Gasteiger partial charge in [0, 0.05) is 49.2 Å². The lowest BCUT2D eigenvalue weighted by Crippen LogP contribution is -2.31. The van der Waals surface area contributed by atoms with E-state index < -0.39 is 0 Å². The predicted octanol–water partition coefficient (Wildman–Crippen LogP) is 3.11. The second kappa shape index (κ2) is 6.28. The van der Waals surface area contributed by atoms with E-state index in [1.807, 2.05) is 36.5 Å². The highest BCUT2D eigenvalue weighted by molar-refractivity contribution is 5.54. The third kappa shape index (κ3) is 2.80. The SMILES string of the molecule is COc1cccc(N2CCc3nc(-c4ccccn4)ncc3C2)c1. The summed E-state index contributed by atoms with van der Waals surface area (Å²) in [5.41, 5.74) is 4.26. The van der Waals surface area contributed by atoms with Crippen molar-refractivity contribution in [3.63, 3.8) is 0 Å². The summed E-state index contributed by atoms with van der Waals surface area (Å²) in [4.78, 5) is 15.9. The van der Waals surface area contributed by atoms with Gasteiger partial charge in [0.05, 0.1) is 12.8 Å². The van der Waals surface area contributed by atoms with Crippen molar-refractivity contribution >= 4 is 5.69 Å². The van der Waals surface area contributed by atoms with Gasteiger partial charge in [-0.1, -0.05) is 12.1 Å². The number of benzene rings is 1. The molecule has 0 saturated carbocycles. The van der Waals surface area contributed by atoms with Crippen molar-refractivity contribution in [1.29, 1.82) is 0 Å². The van der Waals surface area contributed by atoms with Crippen LogP contribution in [0.15, 0.2) is 54.9 Å². The molecule has 0 spiro atoms. The van der Waals surface area contributed by atoms with Crippen molar-refractivity contribution in [3.05, 3.63) is 66.1 Å². The predicted molar refractivity (Wildman–Crippen MR) is 93.0 cm³/mol. The molecule has 1 aromatic carbocycles. The molecule has 0 N–H and O–H groups in total. The molecule has 1 aliphatic rings. The first-order valence-corrected chi connectivity index (χ1v) is 7.99. The van der Waals surface area contributed by atoms with E-state index in [0.29, 0.717) is 5.82 Å². The maximum atomic E-state index is 5.32. The number of hydrogen-bond acceptors (Lipinski definition) is 5. The van der Waals surface area contributed by atoms with Crippen molar-refractivity contribution in [2.24, 2.45) is 0 Å². The van der Waals surface area contributed by atoms with E-state index in [1.54, 1.807) is 13.3 Å². The summed E-state index contributed by atoms with van der Waals surface area (Å²) in [6.45, 7) is 1.74. The Labute approximate surface area is 141 Å². The van der Waals surface area contributed by atoms with E-state index in [9.17, 15) is 0 Å². The van der Waals surface area contributed by atoms with Crippen LogP contribution in [0.25, 0.3) is 11.5 Å². The lowest BCUT2D eigenvalue weighted by molar-refractivity contribution is 0.414. The highest BCUT2D eigenvalue weighted by Crippen LogP contribution is 2.27. The van der Waals surface area contributed by atoms with Crippen molar-refractivity contribution in [3.8, 4) is 17.3 Å². The molecule has 3 aromatic rings. The average molecular weight is 318 g/mol. The molecule has 0 bridgehead atoms. The van der Waals surface area contributed by atoms with E-state index in [-0.39, 0.29) is 0 Å². The van der Waals surface area contributed by atoms with Gasteiger partial charge in [-0.2, -0.15) is 0 Å². The van der Waals surface area contributed by atoms with Crippen LogP contribution in [0.3, 0.4) is 0 Å². The van der Waals surface area contributed by atoms with Crippen molar-refractivity contribution in [2.45, 2.75) is 13.0 Å². The zero-order valence-corrected chi connectivity index (χ0v) is 13.5. The molecule has 24 heavy (non-hydrogen) atoms. The van der Waals surface area contributed by atoms with E-state index in [0.717, 1.165) is 42.3 Å². The molecule has 0 atom stereocenters. The van der Waals surface area contributed by atoms with Crippen molar-refractivity contribution in [1.82, 2.24) is 15.0 Å². The highest BCUT2D eigenvalue weighted by atomic mass is 16.5. The Bertz CT molecular complexity index is 851. The number of ether oxygens (including phenoxy) is 1. The molecule has 0 radical (unpaired) electrons. The van der Waals surface area contributed by atoms with E-state index >= 15 is 0 Å². The Kier molecular flexibility index (Phi) is 3.83. The van der Waals surface area contributed by atoms with Crippen molar-refractivity contribution in [2.75, 3.05) is 18.6 Å². The first-order valence-electron chi connectivity index (χ1n) is 7.99. The van der Waals surface area contributed by atoms with E-state index in [1.165, 1.54) is 5.56 Å². The zero-order valence-electron chi connectivity index (χ0n) is 13.5. The summed E-state index contributed by atoms with van der Waals surface area (Å²) in [7, 11) is 1.69. The fourth-order valence-electron chi connectivity index (χ4n) is 2.96. The van der Waals surface area contributed by atoms with Crippen LogP contribution in [0.1, 0.15) is 11.3 Å². The molecule has 0 saturated heterocycles. The smallest absolute Gasteiger partial charge is 0.178 e. The Hall–Kier alpha value is -2.95. The minimum Gasteiger partial charge on any atom is -0.497 e. The first-order chi connectivity index (χ1) is 11.8. The summed E-state index contributed by atoms with van der Waals surface area (Å²) in [5, 5.41) is 0. The van der Waals surface area contributed by atoms with Gasteiger partial charge in [-0.3, -0.25) is 4.98 Å². The van der Waals surface area contributed by atoms with Gasteiger partial charge in [-0.15, -0.1) is 0 Å². The van der Waals surface area contributed by atoms with Crippen LogP contribution < -0.4 is 9.64 Å². The molecule has 120 valence electrons. The van der Waals surface area contributed by atoms with Crippen LogP contribution in [-0.2, 0) is 13.0 Å². The Morgan fingerprint density at radius 2 is 2.04 bits per heavy atom. The summed E-state index contributed by atoms with van der Waals surface area (Å²) in [6, 6.07) is 13.9. The number of methoxy groups -OCH3 is 1. The normalized spacial score (nSPS) is 13.5. The van der Waals surface area contributed by atoms with Gasteiger partial charge in [-0.25, -0.2) is 9.97 Å². The number of nitrogens with zero attached hydrogens (tertiary/aromatic N) is 4. The number of pyridine rings is 1. The third-order valence-electron chi connectivity index (χ3n) is 4.25. The summed E-state index contributed by atoms with van der Waals surface area (Å²) < 4.78 is 5.32. The minimum atomic E-state index is 0.698. The standard InChI is InChI=1S/C19H18N4O/c1-24-16-6-4-5-15(11-16)23-10-8-17-14(13-23)12-21-19(22-17)18-7-2-3-9-20-18/h2-7,9,11-12H,8,10,13H2,1H3. The molecular weight excluding hydrogens is 300 g/mol. The van der Waals surface area contributed by atoms with Gasteiger partial charge in [-0.05, 0) is 24.3 Å². The maximum absolute atomic E-state index is 5.32. The number of anilines is 1. The molecule has 2 aromatic heterocycles. The summed E-state index contributed by atoms with van der Waals surface area (Å²) >= 11 is 0. The zero-order chi connectivity index (χ0) is 16.4. The number of rotatable bonds is 3. The van der Waals surface area contributed by atoms with Crippen LogP contribution in [0, 0.1) is 0 Å². The fraction of sp³-hybridized carbons (Fsp3) is 0.211. The molecule has 0 aliphatic carbocycles. The molecule has 0 unspecified atom stereocenters. The van der Waals surface area contributed by atoms with Gasteiger partial charge in [0.1, 0.15) is 11.4 Å². The average Bonchev–Trinajstić information content (AvgIpc) is 2.68. The Balaban J connectivity index is 1.60. The van der Waals surface area contributed by atoms with Gasteiger partial charge in [0.25, 0.3) is 0 Å². The lowest BCUT2D eigenvalue weighted by atomic mass is 10.1.